The van der Waals surface area contributed by atoms with Crippen molar-refractivity contribution >= 4 is 11.8 Å². The smallest absolute Gasteiger partial charge is 0.251 e. The highest BCUT2D eigenvalue weighted by atomic mass is 19.1. The number of halogens is 1. The minimum atomic E-state index is -0.705. The van der Waals surface area contributed by atoms with Gasteiger partial charge in [0.1, 0.15) is 18.2 Å². The fourth-order valence-electron chi connectivity index (χ4n) is 2.84. The van der Waals surface area contributed by atoms with Gasteiger partial charge in [0, 0.05) is 11.8 Å². The molecule has 0 fully saturated rings. The first-order chi connectivity index (χ1) is 14.0. The molecule has 9 heteroatoms. The number of amides is 2. The Hall–Kier alpha value is -3.17. The van der Waals surface area contributed by atoms with Crippen molar-refractivity contribution in [1.82, 2.24) is 20.6 Å². The number of aromatic nitrogens is 2. The molecule has 0 spiro atoms. The lowest BCUT2D eigenvalue weighted by Gasteiger charge is -2.31. The molecule has 1 aliphatic heterocycles. The molecule has 3 rings (SSSR count). The second kappa shape index (κ2) is 9.85. The molecule has 8 nitrogen and oxygen atoms in total. The summed E-state index contributed by atoms with van der Waals surface area (Å²) < 4.78 is 18.7. The van der Waals surface area contributed by atoms with Crippen LogP contribution >= 0.6 is 0 Å². The maximum Gasteiger partial charge on any atom is 0.251 e. The van der Waals surface area contributed by atoms with Crippen LogP contribution in [0, 0.1) is 5.82 Å². The molecule has 29 heavy (non-hydrogen) atoms. The first-order valence-electron chi connectivity index (χ1n) is 9.08. The van der Waals surface area contributed by atoms with E-state index in [-0.39, 0.29) is 25.5 Å². The number of nitrogens with zero attached hydrogens (tertiary/aromatic N) is 2. The second-order valence-corrected chi connectivity index (χ2v) is 6.47. The molecule has 2 aromatic rings. The Kier molecular flexibility index (Phi) is 6.99. The van der Waals surface area contributed by atoms with Crippen molar-refractivity contribution in [3.05, 3.63) is 72.1 Å². The lowest BCUT2D eigenvalue weighted by atomic mass is 10.0. The van der Waals surface area contributed by atoms with E-state index in [9.17, 15) is 19.1 Å². The van der Waals surface area contributed by atoms with Crippen molar-refractivity contribution in [1.29, 1.82) is 0 Å². The van der Waals surface area contributed by atoms with Crippen LogP contribution in [0.3, 0.4) is 0 Å². The SMILES string of the molecule is O=C(C[C@@H]1C=C[C@H](NC(=O)c2ccc(F)cc2)[C@@H](CO)O1)NCc1ccncn1. The van der Waals surface area contributed by atoms with Gasteiger partial charge >= 0.3 is 0 Å². The van der Waals surface area contributed by atoms with Crippen molar-refractivity contribution in [3.63, 3.8) is 0 Å². The van der Waals surface area contributed by atoms with Crippen LogP contribution in [-0.2, 0) is 16.1 Å². The standard InChI is InChI=1S/C20H21FN4O4/c21-14-3-1-13(2-4-14)20(28)25-17-6-5-16(29-18(17)11-26)9-19(27)23-10-15-7-8-22-12-24-15/h1-8,12,16-18,26H,9-11H2,(H,23,27)(H,25,28)/t16-,17-,18+/m0/s1. The fourth-order valence-corrected chi connectivity index (χ4v) is 2.84. The van der Waals surface area contributed by atoms with Crippen LogP contribution in [0.2, 0.25) is 0 Å². The van der Waals surface area contributed by atoms with Crippen molar-refractivity contribution in [2.75, 3.05) is 6.61 Å². The number of hydrogen-bond donors (Lipinski definition) is 3. The maximum atomic E-state index is 13.0. The van der Waals surface area contributed by atoms with Crippen LogP contribution in [0.25, 0.3) is 0 Å². The Morgan fingerprint density at radius 1 is 1.17 bits per heavy atom. The van der Waals surface area contributed by atoms with Gasteiger partial charge in [0.15, 0.2) is 0 Å². The van der Waals surface area contributed by atoms with E-state index in [1.807, 2.05) is 0 Å². The number of nitrogens with one attached hydrogen (secondary N) is 2. The molecule has 0 saturated carbocycles. The monoisotopic (exact) mass is 400 g/mol. The number of rotatable bonds is 7. The van der Waals surface area contributed by atoms with Crippen molar-refractivity contribution < 1.29 is 23.8 Å². The van der Waals surface area contributed by atoms with Crippen molar-refractivity contribution in [2.45, 2.75) is 31.2 Å². The molecule has 0 saturated heterocycles. The van der Waals surface area contributed by atoms with Crippen LogP contribution in [0.4, 0.5) is 4.39 Å². The first-order valence-corrected chi connectivity index (χ1v) is 9.08. The molecule has 3 N–H and O–H groups in total. The minimum absolute atomic E-state index is 0.0662. The summed E-state index contributed by atoms with van der Waals surface area (Å²) in [6.45, 7) is -0.0602. The Labute approximate surface area is 166 Å². The summed E-state index contributed by atoms with van der Waals surface area (Å²) >= 11 is 0. The van der Waals surface area contributed by atoms with Crippen molar-refractivity contribution in [3.8, 4) is 0 Å². The highest BCUT2D eigenvalue weighted by Gasteiger charge is 2.29. The Balaban J connectivity index is 1.53. The average Bonchev–Trinajstić information content (AvgIpc) is 2.74. The van der Waals surface area contributed by atoms with E-state index in [4.69, 9.17) is 4.74 Å². The number of aliphatic hydroxyl groups excluding tert-OH is 1. The Bertz CT molecular complexity index is 861. The summed E-state index contributed by atoms with van der Waals surface area (Å²) in [5.41, 5.74) is 0.980. The van der Waals surface area contributed by atoms with Gasteiger partial charge in [-0.3, -0.25) is 9.59 Å². The third-order valence-corrected chi connectivity index (χ3v) is 4.36. The zero-order chi connectivity index (χ0) is 20.6. The van der Waals surface area contributed by atoms with Crippen LogP contribution in [0.1, 0.15) is 22.5 Å². The molecule has 1 aliphatic rings. The van der Waals surface area contributed by atoms with Crippen LogP contribution < -0.4 is 10.6 Å². The summed E-state index contributed by atoms with van der Waals surface area (Å²) in [5, 5.41) is 15.1. The Morgan fingerprint density at radius 3 is 2.66 bits per heavy atom. The molecule has 0 bridgehead atoms. The zero-order valence-corrected chi connectivity index (χ0v) is 15.5. The fraction of sp³-hybridized carbons (Fsp3) is 0.300. The van der Waals surface area contributed by atoms with Gasteiger partial charge in [-0.25, -0.2) is 14.4 Å². The molecule has 2 heterocycles. The molecule has 0 unspecified atom stereocenters. The summed E-state index contributed by atoms with van der Waals surface area (Å²) in [7, 11) is 0. The highest BCUT2D eigenvalue weighted by Crippen LogP contribution is 2.16. The third kappa shape index (κ3) is 5.90. The summed E-state index contributed by atoms with van der Waals surface area (Å²) in [4.78, 5) is 32.2. The van der Waals surface area contributed by atoms with Gasteiger partial charge in [-0.05, 0) is 30.3 Å². The van der Waals surface area contributed by atoms with Gasteiger partial charge in [-0.15, -0.1) is 0 Å². The number of benzene rings is 1. The maximum absolute atomic E-state index is 13.0. The van der Waals surface area contributed by atoms with Crippen LogP contribution in [-0.4, -0.2) is 51.7 Å². The lowest BCUT2D eigenvalue weighted by molar-refractivity contribution is -0.125. The van der Waals surface area contributed by atoms with Crippen LogP contribution in [0.15, 0.2) is 55.0 Å². The molecule has 0 aliphatic carbocycles. The van der Waals surface area contributed by atoms with E-state index in [2.05, 4.69) is 20.6 Å². The summed E-state index contributed by atoms with van der Waals surface area (Å²) in [6, 6.07) is 6.27. The quantitative estimate of drug-likeness (QED) is 0.591. The second-order valence-electron chi connectivity index (χ2n) is 6.47. The first kappa shape index (κ1) is 20.6. The van der Waals surface area contributed by atoms with E-state index in [0.717, 1.165) is 0 Å². The topological polar surface area (TPSA) is 113 Å². The average molecular weight is 400 g/mol. The number of carbonyl (C=O) groups excluding carboxylic acids is 2. The van der Waals surface area contributed by atoms with Gasteiger partial charge in [0.05, 0.1) is 37.4 Å². The third-order valence-electron chi connectivity index (χ3n) is 4.36. The van der Waals surface area contributed by atoms with E-state index < -0.39 is 30.0 Å². The molecular formula is C20H21FN4O4. The normalized spacial score (nSPS) is 20.8. The Morgan fingerprint density at radius 2 is 1.97 bits per heavy atom. The van der Waals surface area contributed by atoms with Crippen LogP contribution in [0.5, 0.6) is 0 Å². The minimum Gasteiger partial charge on any atom is -0.394 e. The highest BCUT2D eigenvalue weighted by molar-refractivity contribution is 5.94. The van der Waals surface area contributed by atoms with Crippen molar-refractivity contribution in [2.24, 2.45) is 0 Å². The largest absolute Gasteiger partial charge is 0.394 e. The molecule has 1 aromatic carbocycles. The summed E-state index contributed by atoms with van der Waals surface area (Å²) in [5.74, 6) is -1.08. The van der Waals surface area contributed by atoms with E-state index in [1.54, 1.807) is 24.4 Å². The van der Waals surface area contributed by atoms with Gasteiger partial charge < -0.3 is 20.5 Å². The van der Waals surface area contributed by atoms with E-state index in [1.165, 1.54) is 30.6 Å². The van der Waals surface area contributed by atoms with E-state index >= 15 is 0 Å². The van der Waals surface area contributed by atoms with Gasteiger partial charge in [-0.1, -0.05) is 12.2 Å². The van der Waals surface area contributed by atoms with E-state index in [0.29, 0.717) is 11.3 Å². The molecule has 152 valence electrons. The molecular weight excluding hydrogens is 379 g/mol. The lowest BCUT2D eigenvalue weighted by Crippen LogP contribution is -2.49. The molecule has 3 atom stereocenters. The summed E-state index contributed by atoms with van der Waals surface area (Å²) in [6.07, 6.45) is 5.19. The molecule has 2 amide bonds. The number of carbonyl (C=O) groups is 2. The predicted molar refractivity (Wildman–Crippen MR) is 101 cm³/mol. The predicted octanol–water partition coefficient (Wildman–Crippen LogP) is 0.736. The zero-order valence-electron chi connectivity index (χ0n) is 15.5. The molecule has 1 aromatic heterocycles. The van der Waals surface area contributed by atoms with Gasteiger partial charge in [0.25, 0.3) is 5.91 Å². The number of ether oxygens (including phenoxy) is 1. The molecule has 0 radical (unpaired) electrons. The van der Waals surface area contributed by atoms with Gasteiger partial charge in [0.2, 0.25) is 5.91 Å². The van der Waals surface area contributed by atoms with Gasteiger partial charge in [-0.2, -0.15) is 0 Å². The number of hydrogen-bond acceptors (Lipinski definition) is 6. The number of aliphatic hydroxyl groups is 1.